The topological polar surface area (TPSA) is 72.3 Å². The lowest BCUT2D eigenvalue weighted by molar-refractivity contribution is -0.115. The first-order valence-electron chi connectivity index (χ1n) is 5.84. The minimum absolute atomic E-state index is 0. The van der Waals surface area contributed by atoms with Crippen molar-refractivity contribution < 1.29 is 4.79 Å². The summed E-state index contributed by atoms with van der Waals surface area (Å²) >= 11 is 1.58. The molecule has 2 aromatic rings. The van der Waals surface area contributed by atoms with Gasteiger partial charge in [-0.3, -0.25) is 9.69 Å². The van der Waals surface area contributed by atoms with Crippen molar-refractivity contribution in [3.05, 3.63) is 36.4 Å². The summed E-state index contributed by atoms with van der Waals surface area (Å²) in [4.78, 5) is 15.6. The largest absolute Gasteiger partial charge is 0.399 e. The van der Waals surface area contributed by atoms with Crippen LogP contribution in [0, 0.1) is 0 Å². The second-order valence-corrected chi connectivity index (χ2v) is 5.49. The maximum Gasteiger partial charge on any atom is 0.228 e. The zero-order valence-electron chi connectivity index (χ0n) is 11.2. The number of hydrogen-bond donors (Lipinski definition) is 2. The van der Waals surface area contributed by atoms with Crippen LogP contribution in [-0.4, -0.2) is 5.91 Å². The molecule has 7 heteroatoms. The van der Waals surface area contributed by atoms with Gasteiger partial charge < -0.3 is 11.5 Å². The Hall–Kier alpha value is -1.56. The number of nitrogen functional groups attached to an aromatic ring is 2. The lowest BCUT2D eigenvalue weighted by Gasteiger charge is -2.30. The highest BCUT2D eigenvalue weighted by Gasteiger charge is 2.26. The van der Waals surface area contributed by atoms with E-state index in [4.69, 9.17) is 11.5 Å². The Kier molecular flexibility index (Phi) is 5.39. The zero-order valence-corrected chi connectivity index (χ0v) is 13.6. The molecule has 21 heavy (non-hydrogen) atoms. The summed E-state index contributed by atoms with van der Waals surface area (Å²) in [6.45, 7) is 1.55. The molecule has 1 heterocycles. The molecule has 1 aliphatic heterocycles. The van der Waals surface area contributed by atoms with Crippen LogP contribution in [0.25, 0.3) is 0 Å². The molecule has 4 N–H and O–H groups in total. The highest BCUT2D eigenvalue weighted by atomic mass is 35.5. The SMILES string of the molecule is CC(=O)N1c2ccc(N)cc2Sc2cc(N)ccc21.Cl.Cl. The molecule has 0 saturated heterocycles. The van der Waals surface area contributed by atoms with E-state index in [1.807, 2.05) is 24.3 Å². The number of fused-ring (bicyclic) bond motifs is 2. The molecule has 0 bridgehead atoms. The summed E-state index contributed by atoms with van der Waals surface area (Å²) in [5, 5.41) is 0. The highest BCUT2D eigenvalue weighted by Crippen LogP contribution is 2.49. The number of anilines is 4. The van der Waals surface area contributed by atoms with E-state index in [-0.39, 0.29) is 30.7 Å². The molecule has 4 nitrogen and oxygen atoms in total. The van der Waals surface area contributed by atoms with E-state index >= 15 is 0 Å². The summed E-state index contributed by atoms with van der Waals surface area (Å²) < 4.78 is 0. The third-order valence-corrected chi connectivity index (χ3v) is 4.08. The molecule has 0 fully saturated rings. The van der Waals surface area contributed by atoms with Gasteiger partial charge in [0, 0.05) is 28.1 Å². The monoisotopic (exact) mass is 343 g/mol. The summed E-state index contributed by atoms with van der Waals surface area (Å²) in [6, 6.07) is 11.1. The number of amides is 1. The number of carbonyl (C=O) groups is 1. The van der Waals surface area contributed by atoms with Gasteiger partial charge in [-0.05, 0) is 36.4 Å². The molecule has 3 rings (SSSR count). The summed E-state index contributed by atoms with van der Waals surface area (Å²) in [5.74, 6) is -0.0302. The van der Waals surface area contributed by atoms with Gasteiger partial charge >= 0.3 is 0 Å². The predicted molar refractivity (Wildman–Crippen MR) is 93.1 cm³/mol. The molecule has 1 aliphatic rings. The molecule has 0 unspecified atom stereocenters. The fourth-order valence-corrected chi connectivity index (χ4v) is 3.34. The van der Waals surface area contributed by atoms with E-state index < -0.39 is 0 Å². The second kappa shape index (κ2) is 6.47. The van der Waals surface area contributed by atoms with Gasteiger partial charge in [0.15, 0.2) is 0 Å². The molecule has 112 valence electrons. The third kappa shape index (κ3) is 3.05. The number of hydrogen-bond acceptors (Lipinski definition) is 4. The molecular formula is C14H15Cl2N3OS. The van der Waals surface area contributed by atoms with E-state index in [0.717, 1.165) is 21.2 Å². The molecule has 2 aromatic carbocycles. The van der Waals surface area contributed by atoms with Crippen LogP contribution < -0.4 is 16.4 Å². The normalized spacial score (nSPS) is 11.6. The van der Waals surface area contributed by atoms with Crippen LogP contribution in [0.4, 0.5) is 22.7 Å². The van der Waals surface area contributed by atoms with E-state index in [2.05, 4.69) is 0 Å². The first-order valence-corrected chi connectivity index (χ1v) is 6.65. The number of halogens is 2. The summed E-state index contributed by atoms with van der Waals surface area (Å²) in [5.41, 5.74) is 14.7. The van der Waals surface area contributed by atoms with Gasteiger partial charge in [0.05, 0.1) is 11.4 Å². The van der Waals surface area contributed by atoms with E-state index in [0.29, 0.717) is 11.4 Å². The molecule has 0 atom stereocenters. The fourth-order valence-electron chi connectivity index (χ4n) is 2.18. The maximum atomic E-state index is 11.9. The molecule has 0 spiro atoms. The maximum absolute atomic E-state index is 11.9. The smallest absolute Gasteiger partial charge is 0.228 e. The number of carbonyl (C=O) groups excluding carboxylic acids is 1. The molecule has 0 aromatic heterocycles. The molecule has 0 aliphatic carbocycles. The highest BCUT2D eigenvalue weighted by molar-refractivity contribution is 7.99. The van der Waals surface area contributed by atoms with Gasteiger partial charge in [-0.25, -0.2) is 0 Å². The van der Waals surface area contributed by atoms with Crippen LogP contribution >= 0.6 is 36.6 Å². The number of benzene rings is 2. The number of rotatable bonds is 0. The molecular weight excluding hydrogens is 329 g/mol. The second-order valence-electron chi connectivity index (χ2n) is 4.41. The summed E-state index contributed by atoms with van der Waals surface area (Å²) in [7, 11) is 0. The van der Waals surface area contributed by atoms with Gasteiger partial charge in [-0.2, -0.15) is 0 Å². The lowest BCUT2D eigenvalue weighted by Crippen LogP contribution is -2.25. The average molecular weight is 344 g/mol. The van der Waals surface area contributed by atoms with E-state index in [1.165, 1.54) is 0 Å². The molecule has 0 radical (unpaired) electrons. The van der Waals surface area contributed by atoms with Crippen molar-refractivity contribution in [1.29, 1.82) is 0 Å². The van der Waals surface area contributed by atoms with Crippen LogP contribution in [0.5, 0.6) is 0 Å². The average Bonchev–Trinajstić information content (AvgIpc) is 2.35. The van der Waals surface area contributed by atoms with Crippen LogP contribution in [0.2, 0.25) is 0 Å². The van der Waals surface area contributed by atoms with E-state index in [1.54, 1.807) is 35.7 Å². The Morgan fingerprint density at radius 3 is 1.76 bits per heavy atom. The fraction of sp³-hybridized carbons (Fsp3) is 0.0714. The van der Waals surface area contributed by atoms with Crippen molar-refractivity contribution in [2.75, 3.05) is 16.4 Å². The van der Waals surface area contributed by atoms with Gasteiger partial charge in [-0.1, -0.05) is 11.8 Å². The van der Waals surface area contributed by atoms with Crippen LogP contribution in [-0.2, 0) is 4.79 Å². The minimum Gasteiger partial charge on any atom is -0.399 e. The van der Waals surface area contributed by atoms with Gasteiger partial charge in [0.1, 0.15) is 0 Å². The zero-order chi connectivity index (χ0) is 13.6. The molecule has 0 saturated carbocycles. The van der Waals surface area contributed by atoms with E-state index in [9.17, 15) is 4.79 Å². The van der Waals surface area contributed by atoms with Crippen molar-refractivity contribution >= 4 is 65.2 Å². The first kappa shape index (κ1) is 17.5. The van der Waals surface area contributed by atoms with Crippen molar-refractivity contribution in [3.8, 4) is 0 Å². The standard InChI is InChI=1S/C14H13N3OS.2ClH/c1-8(18)17-11-4-2-9(15)6-13(11)19-14-7-10(16)3-5-12(14)17;;/h2-7H,15-16H2,1H3;2*1H. The van der Waals surface area contributed by atoms with Crippen molar-refractivity contribution in [1.82, 2.24) is 0 Å². The lowest BCUT2D eigenvalue weighted by atomic mass is 10.2. The van der Waals surface area contributed by atoms with Crippen LogP contribution in [0.1, 0.15) is 6.92 Å². The first-order chi connectivity index (χ1) is 9.06. The number of nitrogens with zero attached hydrogens (tertiary/aromatic N) is 1. The summed E-state index contributed by atoms with van der Waals surface area (Å²) in [6.07, 6.45) is 0. The van der Waals surface area contributed by atoms with Crippen LogP contribution in [0.3, 0.4) is 0 Å². The Balaban J connectivity index is 0.00000110. The van der Waals surface area contributed by atoms with Gasteiger partial charge in [-0.15, -0.1) is 24.8 Å². The third-order valence-electron chi connectivity index (χ3n) is 2.98. The Morgan fingerprint density at radius 1 is 0.952 bits per heavy atom. The van der Waals surface area contributed by atoms with Crippen molar-refractivity contribution in [2.24, 2.45) is 0 Å². The Bertz CT molecular complexity index is 642. The van der Waals surface area contributed by atoms with Crippen molar-refractivity contribution in [3.63, 3.8) is 0 Å². The molecule has 1 amide bonds. The Labute approximate surface area is 139 Å². The predicted octanol–water partition coefficient (Wildman–Crippen LogP) is 3.84. The minimum atomic E-state index is -0.0302. The van der Waals surface area contributed by atoms with Crippen LogP contribution in [0.15, 0.2) is 46.2 Å². The Morgan fingerprint density at radius 2 is 1.38 bits per heavy atom. The van der Waals surface area contributed by atoms with Crippen molar-refractivity contribution in [2.45, 2.75) is 16.7 Å². The number of nitrogens with two attached hydrogens (primary N) is 2. The quantitative estimate of drug-likeness (QED) is 0.712. The van der Waals surface area contributed by atoms with Gasteiger partial charge in [0.2, 0.25) is 5.91 Å². The van der Waals surface area contributed by atoms with Gasteiger partial charge in [0.25, 0.3) is 0 Å².